The number of nitrogens with zero attached hydrogens (tertiary/aromatic N) is 2. The molecule has 0 fully saturated rings. The van der Waals surface area contributed by atoms with Gasteiger partial charge in [0.15, 0.2) is 0 Å². The lowest BCUT2D eigenvalue weighted by atomic mass is 10.3. The highest BCUT2D eigenvalue weighted by Gasteiger charge is 2.18. The van der Waals surface area contributed by atoms with Gasteiger partial charge in [0.05, 0.1) is 11.6 Å². The Morgan fingerprint density at radius 1 is 1.27 bits per heavy atom. The SMILES string of the molecule is COc1ccc(NC(=O)c2nc(S(C)(=O)=O)ncc2Br)cc1. The molecule has 1 aromatic carbocycles. The van der Waals surface area contributed by atoms with Crippen LogP contribution in [0.15, 0.2) is 40.1 Å². The molecule has 9 heteroatoms. The molecule has 0 aliphatic carbocycles. The smallest absolute Gasteiger partial charge is 0.275 e. The normalized spacial score (nSPS) is 11.0. The van der Waals surface area contributed by atoms with Crippen molar-refractivity contribution in [2.24, 2.45) is 0 Å². The summed E-state index contributed by atoms with van der Waals surface area (Å²) in [6, 6.07) is 6.69. The fourth-order valence-corrected chi connectivity index (χ4v) is 2.43. The lowest BCUT2D eigenvalue weighted by Gasteiger charge is -2.07. The zero-order valence-electron chi connectivity index (χ0n) is 11.7. The molecule has 1 N–H and O–H groups in total. The van der Waals surface area contributed by atoms with E-state index in [4.69, 9.17) is 4.74 Å². The predicted octanol–water partition coefficient (Wildman–Crippen LogP) is 1.90. The Balaban J connectivity index is 2.28. The molecule has 22 heavy (non-hydrogen) atoms. The third-order valence-electron chi connectivity index (χ3n) is 2.62. The molecule has 2 aromatic rings. The highest BCUT2D eigenvalue weighted by atomic mass is 79.9. The molecule has 1 aromatic heterocycles. The van der Waals surface area contributed by atoms with Gasteiger partial charge in [-0.05, 0) is 40.2 Å². The van der Waals surface area contributed by atoms with E-state index in [1.165, 1.54) is 13.3 Å². The van der Waals surface area contributed by atoms with Crippen molar-refractivity contribution in [1.29, 1.82) is 0 Å². The number of carbonyl (C=O) groups is 1. The Hall–Kier alpha value is -2.00. The zero-order valence-corrected chi connectivity index (χ0v) is 14.1. The number of benzene rings is 1. The fourth-order valence-electron chi connectivity index (χ4n) is 1.55. The molecule has 1 heterocycles. The number of carbonyl (C=O) groups excluding carboxylic acids is 1. The van der Waals surface area contributed by atoms with Gasteiger partial charge in [0, 0.05) is 18.1 Å². The average molecular weight is 386 g/mol. The largest absolute Gasteiger partial charge is 0.497 e. The van der Waals surface area contributed by atoms with Crippen LogP contribution in [0.4, 0.5) is 5.69 Å². The van der Waals surface area contributed by atoms with Crippen LogP contribution >= 0.6 is 15.9 Å². The topological polar surface area (TPSA) is 98.2 Å². The second kappa shape index (κ2) is 6.41. The van der Waals surface area contributed by atoms with E-state index < -0.39 is 20.9 Å². The molecule has 1 amide bonds. The van der Waals surface area contributed by atoms with E-state index >= 15 is 0 Å². The van der Waals surface area contributed by atoms with Gasteiger partial charge in [-0.3, -0.25) is 4.79 Å². The minimum atomic E-state index is -3.60. The highest BCUT2D eigenvalue weighted by Crippen LogP contribution is 2.19. The first kappa shape index (κ1) is 16.4. The second-order valence-electron chi connectivity index (χ2n) is 4.30. The van der Waals surface area contributed by atoms with E-state index in [0.717, 1.165) is 6.26 Å². The Bertz CT molecular complexity index is 807. The van der Waals surface area contributed by atoms with E-state index in [1.807, 2.05) is 0 Å². The van der Waals surface area contributed by atoms with Crippen LogP contribution in [0.2, 0.25) is 0 Å². The summed E-state index contributed by atoms with van der Waals surface area (Å²) in [5.41, 5.74) is 0.462. The summed E-state index contributed by atoms with van der Waals surface area (Å²) in [7, 11) is -2.06. The summed E-state index contributed by atoms with van der Waals surface area (Å²) in [5, 5.41) is 2.21. The third kappa shape index (κ3) is 3.80. The lowest BCUT2D eigenvalue weighted by Crippen LogP contribution is -2.17. The maximum Gasteiger partial charge on any atom is 0.275 e. The number of aromatic nitrogens is 2. The molecule has 2 rings (SSSR count). The van der Waals surface area contributed by atoms with E-state index in [9.17, 15) is 13.2 Å². The maximum atomic E-state index is 12.2. The molecule has 0 spiro atoms. The molecular formula is C13H12BrN3O4S. The zero-order chi connectivity index (χ0) is 16.3. The number of amides is 1. The van der Waals surface area contributed by atoms with Gasteiger partial charge >= 0.3 is 0 Å². The minimum Gasteiger partial charge on any atom is -0.497 e. The minimum absolute atomic E-state index is 0.0637. The van der Waals surface area contributed by atoms with Gasteiger partial charge in [-0.25, -0.2) is 18.4 Å². The van der Waals surface area contributed by atoms with Crippen molar-refractivity contribution in [3.63, 3.8) is 0 Å². The number of halogens is 1. The number of anilines is 1. The summed E-state index contributed by atoms with van der Waals surface area (Å²) < 4.78 is 28.2. The van der Waals surface area contributed by atoms with Crippen molar-refractivity contribution >= 4 is 37.4 Å². The second-order valence-corrected chi connectivity index (χ2v) is 7.07. The quantitative estimate of drug-likeness (QED) is 0.806. The van der Waals surface area contributed by atoms with Gasteiger partial charge in [0.1, 0.15) is 11.4 Å². The lowest BCUT2D eigenvalue weighted by molar-refractivity contribution is 0.102. The summed E-state index contributed by atoms with van der Waals surface area (Å²) in [5.74, 6) is 0.102. The third-order valence-corrected chi connectivity index (χ3v) is 4.06. The summed E-state index contributed by atoms with van der Waals surface area (Å²) >= 11 is 3.13. The first-order chi connectivity index (χ1) is 10.3. The fraction of sp³-hybridized carbons (Fsp3) is 0.154. The van der Waals surface area contributed by atoms with E-state index in [-0.39, 0.29) is 5.69 Å². The van der Waals surface area contributed by atoms with Crippen molar-refractivity contribution < 1.29 is 17.9 Å². The van der Waals surface area contributed by atoms with Crippen molar-refractivity contribution in [2.75, 3.05) is 18.7 Å². The Labute approximate surface area is 135 Å². The monoisotopic (exact) mass is 385 g/mol. The van der Waals surface area contributed by atoms with E-state index in [2.05, 4.69) is 31.2 Å². The molecule has 116 valence electrons. The van der Waals surface area contributed by atoms with Crippen LogP contribution in [-0.4, -0.2) is 37.7 Å². The van der Waals surface area contributed by atoms with Gasteiger partial charge < -0.3 is 10.1 Å². The van der Waals surface area contributed by atoms with E-state index in [0.29, 0.717) is 15.9 Å². The number of nitrogens with one attached hydrogen (secondary N) is 1. The van der Waals surface area contributed by atoms with Gasteiger partial charge in [0.2, 0.25) is 15.0 Å². The molecule has 7 nitrogen and oxygen atoms in total. The number of ether oxygens (including phenoxy) is 1. The number of hydrogen-bond donors (Lipinski definition) is 1. The van der Waals surface area contributed by atoms with Crippen LogP contribution in [0.3, 0.4) is 0 Å². The average Bonchev–Trinajstić information content (AvgIpc) is 2.47. The predicted molar refractivity (Wildman–Crippen MR) is 83.8 cm³/mol. The molecule has 0 radical (unpaired) electrons. The van der Waals surface area contributed by atoms with E-state index in [1.54, 1.807) is 24.3 Å². The van der Waals surface area contributed by atoms with Crippen LogP contribution in [0.5, 0.6) is 5.75 Å². The van der Waals surface area contributed by atoms with Crippen LogP contribution in [0.1, 0.15) is 10.5 Å². The summed E-state index contributed by atoms with van der Waals surface area (Å²) in [6.45, 7) is 0. The first-order valence-corrected chi connectivity index (χ1v) is 8.67. The van der Waals surface area contributed by atoms with Gasteiger partial charge in [-0.1, -0.05) is 0 Å². The molecule has 0 saturated carbocycles. The molecule has 0 aliphatic rings. The summed E-state index contributed by atoms with van der Waals surface area (Å²) in [4.78, 5) is 19.7. The van der Waals surface area contributed by atoms with Gasteiger partial charge in [0.25, 0.3) is 5.91 Å². The Morgan fingerprint density at radius 2 is 1.91 bits per heavy atom. The molecule has 0 unspecified atom stereocenters. The van der Waals surface area contributed by atoms with Crippen LogP contribution < -0.4 is 10.1 Å². The Kier molecular flexibility index (Phi) is 4.77. The van der Waals surface area contributed by atoms with Crippen molar-refractivity contribution in [3.05, 3.63) is 40.6 Å². The maximum absolute atomic E-state index is 12.2. The van der Waals surface area contributed by atoms with Crippen molar-refractivity contribution in [3.8, 4) is 5.75 Å². The number of rotatable bonds is 4. The number of methoxy groups -OCH3 is 1. The molecule has 0 bridgehead atoms. The number of hydrogen-bond acceptors (Lipinski definition) is 6. The highest BCUT2D eigenvalue weighted by molar-refractivity contribution is 9.10. The van der Waals surface area contributed by atoms with Crippen molar-refractivity contribution in [1.82, 2.24) is 9.97 Å². The summed E-state index contributed by atoms with van der Waals surface area (Å²) in [6.07, 6.45) is 2.20. The first-order valence-electron chi connectivity index (χ1n) is 5.99. The Morgan fingerprint density at radius 3 is 2.45 bits per heavy atom. The molecule has 0 aliphatic heterocycles. The molecule has 0 atom stereocenters. The van der Waals surface area contributed by atoms with Crippen molar-refractivity contribution in [2.45, 2.75) is 5.16 Å². The van der Waals surface area contributed by atoms with Crippen LogP contribution in [0.25, 0.3) is 0 Å². The molecular weight excluding hydrogens is 374 g/mol. The number of sulfone groups is 1. The van der Waals surface area contributed by atoms with Gasteiger partial charge in [-0.2, -0.15) is 0 Å². The standard InChI is InChI=1S/C13H12BrN3O4S/c1-21-9-5-3-8(4-6-9)16-12(18)11-10(14)7-15-13(17-11)22(2,19)20/h3-7H,1-2H3,(H,16,18). The van der Waals surface area contributed by atoms with Crippen LogP contribution in [0, 0.1) is 0 Å². The molecule has 0 saturated heterocycles. The van der Waals surface area contributed by atoms with Crippen LogP contribution in [-0.2, 0) is 9.84 Å². The van der Waals surface area contributed by atoms with Gasteiger partial charge in [-0.15, -0.1) is 0 Å².